The Morgan fingerprint density at radius 2 is 2.03 bits per heavy atom. The van der Waals surface area contributed by atoms with Gasteiger partial charge in [-0.15, -0.1) is 0 Å². The Morgan fingerprint density at radius 3 is 2.73 bits per heavy atom. The molecule has 0 radical (unpaired) electrons. The van der Waals surface area contributed by atoms with Crippen LogP contribution in [0, 0.1) is 27.4 Å². The summed E-state index contributed by atoms with van der Waals surface area (Å²) < 4.78 is 11.3. The summed E-state index contributed by atoms with van der Waals surface area (Å²) in [6, 6.07) is 10.2. The Labute approximate surface area is 172 Å². The minimum absolute atomic E-state index is 0.0323. The van der Waals surface area contributed by atoms with Gasteiger partial charge in [0.2, 0.25) is 11.9 Å². The van der Waals surface area contributed by atoms with Crippen LogP contribution >= 0.6 is 0 Å². The summed E-state index contributed by atoms with van der Waals surface area (Å²) in [5.74, 6) is -0.167. The smallest absolute Gasteiger partial charge is 0.235 e. The molecule has 1 saturated carbocycles. The molecule has 2 atom stereocenters. The number of ether oxygens (including phenoxy) is 2. The maximum absolute atomic E-state index is 12.1. The minimum atomic E-state index is -0.811. The third kappa shape index (κ3) is 4.39. The van der Waals surface area contributed by atoms with Gasteiger partial charge in [-0.05, 0) is 35.4 Å². The van der Waals surface area contributed by atoms with Gasteiger partial charge >= 0.3 is 0 Å². The number of carbonyl (C=O) groups is 1. The van der Waals surface area contributed by atoms with Gasteiger partial charge in [0, 0.05) is 30.4 Å². The second-order valence-corrected chi connectivity index (χ2v) is 7.37. The van der Waals surface area contributed by atoms with Gasteiger partial charge in [-0.25, -0.2) is 4.98 Å². The van der Waals surface area contributed by atoms with E-state index in [9.17, 15) is 20.2 Å². The van der Waals surface area contributed by atoms with Crippen LogP contribution in [0.2, 0.25) is 0 Å². The molecule has 0 unspecified atom stereocenters. The number of carbonyl (C=O) groups excluding carboxylic acids is 1. The number of nitrogens with zero attached hydrogens (tertiary/aromatic N) is 3. The van der Waals surface area contributed by atoms with E-state index >= 15 is 0 Å². The summed E-state index contributed by atoms with van der Waals surface area (Å²) in [6.07, 6.45) is 3.40. The number of anilines is 1. The van der Waals surface area contributed by atoms with Crippen molar-refractivity contribution in [2.75, 3.05) is 18.5 Å². The molecule has 1 aliphatic carbocycles. The summed E-state index contributed by atoms with van der Waals surface area (Å²) in [5.41, 5.74) is 1.96. The lowest BCUT2D eigenvalue weighted by Crippen LogP contribution is -2.26. The van der Waals surface area contributed by atoms with Crippen LogP contribution in [0.4, 0.5) is 5.82 Å². The molecule has 2 aromatic rings. The van der Waals surface area contributed by atoms with E-state index in [4.69, 9.17) is 9.47 Å². The van der Waals surface area contributed by atoms with E-state index in [0.717, 1.165) is 24.0 Å². The Bertz CT molecular complexity index is 1010. The standard InChI is InChI=1S/C21H20N4O5/c22-12-15-9-13(1-2-19(15)30-16-4-7-29-8-5-16)14-3-6-23-20(10-14)24-21(26)17-11-18(17)25(27)28/h1-3,6,9-10,16-18H,4-5,7-8,11H2,(H,23,24,26)/t17-,18-/m1/s1. The van der Waals surface area contributed by atoms with Crippen molar-refractivity contribution in [2.24, 2.45) is 5.92 Å². The van der Waals surface area contributed by atoms with Crippen LogP contribution in [0.25, 0.3) is 11.1 Å². The van der Waals surface area contributed by atoms with Crippen LogP contribution in [-0.2, 0) is 9.53 Å². The van der Waals surface area contributed by atoms with Crippen molar-refractivity contribution in [1.82, 2.24) is 4.98 Å². The molecular weight excluding hydrogens is 388 g/mol. The third-order valence-corrected chi connectivity index (χ3v) is 5.27. The minimum Gasteiger partial charge on any atom is -0.489 e. The largest absolute Gasteiger partial charge is 0.489 e. The van der Waals surface area contributed by atoms with Crippen molar-refractivity contribution in [3.05, 3.63) is 52.2 Å². The van der Waals surface area contributed by atoms with E-state index in [-0.39, 0.29) is 12.5 Å². The third-order valence-electron chi connectivity index (χ3n) is 5.27. The first-order valence-electron chi connectivity index (χ1n) is 9.74. The van der Waals surface area contributed by atoms with Crippen LogP contribution in [0.3, 0.4) is 0 Å². The van der Waals surface area contributed by atoms with Gasteiger partial charge in [-0.2, -0.15) is 5.26 Å². The predicted octanol–water partition coefficient (Wildman–Crippen LogP) is 2.78. The lowest BCUT2D eigenvalue weighted by Gasteiger charge is -2.23. The normalized spacial score (nSPS) is 20.8. The van der Waals surface area contributed by atoms with Crippen molar-refractivity contribution in [1.29, 1.82) is 5.26 Å². The number of nitrogens with one attached hydrogen (secondary N) is 1. The van der Waals surface area contributed by atoms with Crippen molar-refractivity contribution >= 4 is 11.7 Å². The molecule has 154 valence electrons. The molecule has 1 aromatic carbocycles. The molecule has 1 aliphatic heterocycles. The number of nitro groups is 1. The van der Waals surface area contributed by atoms with E-state index in [1.165, 1.54) is 0 Å². The summed E-state index contributed by atoms with van der Waals surface area (Å²) in [6.45, 7) is 1.30. The molecule has 1 saturated heterocycles. The molecule has 0 spiro atoms. The van der Waals surface area contributed by atoms with Crippen LogP contribution in [0.5, 0.6) is 5.75 Å². The number of pyridine rings is 1. The Balaban J connectivity index is 1.48. The molecule has 9 heteroatoms. The predicted molar refractivity (Wildman–Crippen MR) is 106 cm³/mol. The summed E-state index contributed by atoms with van der Waals surface area (Å²) in [7, 11) is 0. The molecule has 1 N–H and O–H groups in total. The zero-order valence-corrected chi connectivity index (χ0v) is 16.1. The number of nitriles is 1. The van der Waals surface area contributed by atoms with Gasteiger partial charge in [0.15, 0.2) is 0 Å². The molecule has 9 nitrogen and oxygen atoms in total. The monoisotopic (exact) mass is 408 g/mol. The van der Waals surface area contributed by atoms with Gasteiger partial charge in [0.25, 0.3) is 0 Å². The fraction of sp³-hybridized carbons (Fsp3) is 0.381. The average molecular weight is 408 g/mol. The number of rotatable bonds is 6. The number of aromatic nitrogens is 1. The van der Waals surface area contributed by atoms with E-state index in [0.29, 0.717) is 30.3 Å². The van der Waals surface area contributed by atoms with Gasteiger partial charge in [-0.3, -0.25) is 14.9 Å². The molecule has 0 bridgehead atoms. The van der Waals surface area contributed by atoms with Crippen LogP contribution < -0.4 is 10.1 Å². The molecule has 2 heterocycles. The van der Waals surface area contributed by atoms with E-state index in [1.54, 1.807) is 30.5 Å². The summed E-state index contributed by atoms with van der Waals surface area (Å²) >= 11 is 0. The zero-order valence-electron chi connectivity index (χ0n) is 16.1. The number of hydrogen-bond acceptors (Lipinski definition) is 7. The van der Waals surface area contributed by atoms with Gasteiger partial charge < -0.3 is 14.8 Å². The maximum Gasteiger partial charge on any atom is 0.235 e. The second-order valence-electron chi connectivity index (χ2n) is 7.37. The van der Waals surface area contributed by atoms with Gasteiger partial charge in [-0.1, -0.05) is 6.07 Å². The number of hydrogen-bond donors (Lipinski definition) is 1. The average Bonchev–Trinajstić information content (AvgIpc) is 3.56. The van der Waals surface area contributed by atoms with E-state index in [1.807, 2.05) is 6.07 Å². The van der Waals surface area contributed by atoms with E-state index < -0.39 is 22.8 Å². The van der Waals surface area contributed by atoms with Crippen LogP contribution in [-0.4, -0.2) is 41.2 Å². The van der Waals surface area contributed by atoms with Crippen molar-refractivity contribution in [3.8, 4) is 22.9 Å². The summed E-state index contributed by atoms with van der Waals surface area (Å²) in [4.78, 5) is 26.6. The molecule has 4 rings (SSSR count). The highest BCUT2D eigenvalue weighted by atomic mass is 16.6. The number of benzene rings is 1. The van der Waals surface area contributed by atoms with Crippen molar-refractivity contribution in [2.45, 2.75) is 31.4 Å². The van der Waals surface area contributed by atoms with E-state index in [2.05, 4.69) is 16.4 Å². The lowest BCUT2D eigenvalue weighted by atomic mass is 10.0. The Kier molecular flexibility index (Phi) is 5.59. The molecule has 1 amide bonds. The number of amides is 1. The lowest BCUT2D eigenvalue weighted by molar-refractivity contribution is -0.497. The Morgan fingerprint density at radius 1 is 1.27 bits per heavy atom. The highest BCUT2D eigenvalue weighted by molar-refractivity contribution is 5.94. The van der Waals surface area contributed by atoms with Crippen molar-refractivity contribution < 1.29 is 19.2 Å². The van der Waals surface area contributed by atoms with Crippen molar-refractivity contribution in [3.63, 3.8) is 0 Å². The molecule has 2 aliphatic rings. The molecule has 2 fully saturated rings. The molecule has 1 aromatic heterocycles. The first-order chi connectivity index (χ1) is 14.5. The van der Waals surface area contributed by atoms with Crippen LogP contribution in [0.1, 0.15) is 24.8 Å². The SMILES string of the molecule is N#Cc1cc(-c2ccnc(NC(=O)[C@@H]3C[C@H]3[N+](=O)[O-])c2)ccc1OC1CCOCC1. The van der Waals surface area contributed by atoms with Gasteiger partial charge in [0.05, 0.1) is 18.8 Å². The molecule has 30 heavy (non-hydrogen) atoms. The first kappa shape index (κ1) is 19.8. The fourth-order valence-electron chi connectivity index (χ4n) is 3.47. The summed E-state index contributed by atoms with van der Waals surface area (Å²) in [5, 5.41) is 22.9. The molecular formula is C21H20N4O5. The quantitative estimate of drug-likeness (QED) is 0.575. The first-order valence-corrected chi connectivity index (χ1v) is 9.74. The highest BCUT2D eigenvalue weighted by Gasteiger charge is 2.53. The fourth-order valence-corrected chi connectivity index (χ4v) is 3.47. The van der Waals surface area contributed by atoms with Crippen LogP contribution in [0.15, 0.2) is 36.5 Å². The highest BCUT2D eigenvalue weighted by Crippen LogP contribution is 2.34. The maximum atomic E-state index is 12.1. The Hall–Kier alpha value is -3.51. The van der Waals surface area contributed by atoms with Gasteiger partial charge in [0.1, 0.15) is 29.7 Å². The topological polar surface area (TPSA) is 127 Å². The zero-order chi connectivity index (χ0) is 21.1. The second kappa shape index (κ2) is 8.47.